The number of nitrogens with one attached hydrogen (secondary N) is 1. The average Bonchev–Trinajstić information content (AvgIpc) is 2.47. The molecule has 0 spiro atoms. The molecule has 0 saturated carbocycles. The molecular formula is C15H23F3N2O. The summed E-state index contributed by atoms with van der Waals surface area (Å²) in [5.41, 5.74) is -1.22. The number of aromatic nitrogens is 1. The number of hydrogen-bond acceptors (Lipinski definition) is 3. The largest absolute Gasteiger partial charge is 0.416 e. The van der Waals surface area contributed by atoms with E-state index in [4.69, 9.17) is 4.74 Å². The number of ether oxygens (including phenoxy) is 1. The van der Waals surface area contributed by atoms with E-state index in [2.05, 4.69) is 10.3 Å². The van der Waals surface area contributed by atoms with Crippen molar-refractivity contribution in [3.8, 4) is 0 Å². The van der Waals surface area contributed by atoms with Gasteiger partial charge in [-0.25, -0.2) is 0 Å². The summed E-state index contributed by atoms with van der Waals surface area (Å²) in [5, 5.41) is 3.14. The van der Waals surface area contributed by atoms with E-state index in [1.807, 2.05) is 20.8 Å². The lowest BCUT2D eigenvalue weighted by Gasteiger charge is -2.40. The zero-order valence-electron chi connectivity index (χ0n) is 12.9. The molecule has 0 radical (unpaired) electrons. The highest BCUT2D eigenvalue weighted by molar-refractivity contribution is 5.31. The molecule has 0 aliphatic carbocycles. The van der Waals surface area contributed by atoms with Crippen LogP contribution in [-0.4, -0.2) is 24.2 Å². The molecule has 1 unspecified atom stereocenters. The van der Waals surface area contributed by atoms with Crippen molar-refractivity contribution in [2.24, 2.45) is 0 Å². The number of pyridine rings is 1. The molecule has 120 valence electrons. The molecule has 21 heavy (non-hydrogen) atoms. The van der Waals surface area contributed by atoms with Crippen molar-refractivity contribution in [2.45, 2.75) is 51.4 Å². The molecule has 0 aliphatic rings. The van der Waals surface area contributed by atoms with E-state index in [1.165, 1.54) is 12.4 Å². The van der Waals surface area contributed by atoms with Gasteiger partial charge in [-0.3, -0.25) is 4.98 Å². The van der Waals surface area contributed by atoms with E-state index in [-0.39, 0.29) is 5.56 Å². The summed E-state index contributed by atoms with van der Waals surface area (Å²) in [6, 6.07) is 0.457. The predicted molar refractivity (Wildman–Crippen MR) is 76.0 cm³/mol. The van der Waals surface area contributed by atoms with Crippen LogP contribution in [0, 0.1) is 0 Å². The number of rotatable bonds is 7. The van der Waals surface area contributed by atoms with Gasteiger partial charge < -0.3 is 10.1 Å². The van der Waals surface area contributed by atoms with Gasteiger partial charge in [-0.15, -0.1) is 0 Å². The van der Waals surface area contributed by atoms with E-state index >= 15 is 0 Å². The second-order valence-corrected chi connectivity index (χ2v) is 4.93. The molecule has 0 aliphatic heterocycles. The van der Waals surface area contributed by atoms with Crippen LogP contribution in [0.1, 0.15) is 50.8 Å². The normalized spacial score (nSPS) is 14.2. The molecule has 0 saturated heterocycles. The van der Waals surface area contributed by atoms with E-state index in [0.29, 0.717) is 19.4 Å². The number of hydrogen-bond donors (Lipinski definition) is 1. The van der Waals surface area contributed by atoms with Crippen molar-refractivity contribution in [2.75, 3.05) is 13.7 Å². The standard InChI is InChI=1S/C15H23F3N2O/c1-5-14(6-2,21-4)13(20-7-3)11-10-19-9-8-12(11)15(16,17)18/h8-10,13,20H,5-7H2,1-4H3. The fourth-order valence-electron chi connectivity index (χ4n) is 2.74. The summed E-state index contributed by atoms with van der Waals surface area (Å²) in [5.74, 6) is 0. The molecule has 0 fully saturated rings. The van der Waals surface area contributed by atoms with Gasteiger partial charge in [-0.2, -0.15) is 13.2 Å². The van der Waals surface area contributed by atoms with Gasteiger partial charge in [0, 0.05) is 25.1 Å². The summed E-state index contributed by atoms with van der Waals surface area (Å²) in [4.78, 5) is 3.88. The Labute approximate surface area is 123 Å². The molecule has 1 N–H and O–H groups in total. The molecule has 6 heteroatoms. The smallest absolute Gasteiger partial charge is 0.376 e. The monoisotopic (exact) mass is 304 g/mol. The van der Waals surface area contributed by atoms with Crippen molar-refractivity contribution in [3.05, 3.63) is 29.6 Å². The summed E-state index contributed by atoms with van der Waals surface area (Å²) in [6.45, 7) is 6.24. The minimum Gasteiger partial charge on any atom is -0.376 e. The Balaban J connectivity index is 3.42. The molecule has 3 nitrogen and oxygen atoms in total. The number of likely N-dealkylation sites (N-methyl/N-ethyl adjacent to an activating group) is 1. The lowest BCUT2D eigenvalue weighted by atomic mass is 9.82. The molecule has 0 bridgehead atoms. The Bertz CT molecular complexity index is 437. The van der Waals surface area contributed by atoms with Gasteiger partial charge in [-0.05, 0) is 25.5 Å². The third-order valence-corrected chi connectivity index (χ3v) is 4.01. The van der Waals surface area contributed by atoms with Gasteiger partial charge >= 0.3 is 6.18 Å². The van der Waals surface area contributed by atoms with E-state index in [0.717, 1.165) is 6.07 Å². The number of alkyl halides is 3. The first-order valence-electron chi connectivity index (χ1n) is 7.15. The van der Waals surface area contributed by atoms with Gasteiger partial charge in [0.2, 0.25) is 0 Å². The molecule has 1 aromatic rings. The van der Waals surface area contributed by atoms with Gasteiger partial charge in [0.1, 0.15) is 0 Å². The van der Waals surface area contributed by atoms with Crippen molar-refractivity contribution in [1.82, 2.24) is 10.3 Å². The van der Waals surface area contributed by atoms with E-state index in [1.54, 1.807) is 7.11 Å². The molecule has 0 amide bonds. The van der Waals surface area contributed by atoms with Crippen LogP contribution in [0.4, 0.5) is 13.2 Å². The van der Waals surface area contributed by atoms with E-state index in [9.17, 15) is 13.2 Å². The van der Waals surface area contributed by atoms with Gasteiger partial charge in [0.05, 0.1) is 17.2 Å². The maximum absolute atomic E-state index is 13.3. The average molecular weight is 304 g/mol. The molecular weight excluding hydrogens is 281 g/mol. The first kappa shape index (κ1) is 17.9. The Morgan fingerprint density at radius 1 is 1.24 bits per heavy atom. The quantitative estimate of drug-likeness (QED) is 0.828. The maximum atomic E-state index is 13.3. The minimum atomic E-state index is -4.41. The second-order valence-electron chi connectivity index (χ2n) is 4.93. The van der Waals surface area contributed by atoms with Gasteiger partial charge in [0.15, 0.2) is 0 Å². The summed E-state index contributed by atoms with van der Waals surface area (Å²) >= 11 is 0. The van der Waals surface area contributed by atoms with Crippen LogP contribution in [0.5, 0.6) is 0 Å². The summed E-state index contributed by atoms with van der Waals surface area (Å²) in [7, 11) is 1.54. The summed E-state index contributed by atoms with van der Waals surface area (Å²) < 4.78 is 45.4. The highest BCUT2D eigenvalue weighted by Crippen LogP contribution is 2.40. The fraction of sp³-hybridized carbons (Fsp3) is 0.667. The van der Waals surface area contributed by atoms with Crippen molar-refractivity contribution >= 4 is 0 Å². The molecule has 1 atom stereocenters. The van der Waals surface area contributed by atoms with E-state index < -0.39 is 23.4 Å². The van der Waals surface area contributed by atoms with Crippen LogP contribution < -0.4 is 5.32 Å². The highest BCUT2D eigenvalue weighted by Gasteiger charge is 2.42. The SMILES string of the molecule is CCNC(c1cnccc1C(F)(F)F)C(CC)(CC)OC. The highest BCUT2D eigenvalue weighted by atomic mass is 19.4. The van der Waals surface area contributed by atoms with Crippen molar-refractivity contribution < 1.29 is 17.9 Å². The lowest BCUT2D eigenvalue weighted by Crippen LogP contribution is -2.45. The molecule has 1 aromatic heterocycles. The lowest BCUT2D eigenvalue weighted by molar-refractivity contribution is -0.139. The van der Waals surface area contributed by atoms with Crippen LogP contribution in [0.15, 0.2) is 18.5 Å². The first-order chi connectivity index (χ1) is 9.86. The van der Waals surface area contributed by atoms with Crippen LogP contribution in [0.3, 0.4) is 0 Å². The maximum Gasteiger partial charge on any atom is 0.416 e. The Morgan fingerprint density at radius 2 is 1.86 bits per heavy atom. The second kappa shape index (κ2) is 7.22. The van der Waals surface area contributed by atoms with Crippen molar-refractivity contribution in [1.29, 1.82) is 0 Å². The zero-order chi connectivity index (χ0) is 16.1. The number of nitrogens with zero attached hydrogens (tertiary/aromatic N) is 1. The summed E-state index contributed by atoms with van der Waals surface area (Å²) in [6.07, 6.45) is -0.752. The number of halogens is 3. The Kier molecular flexibility index (Phi) is 6.16. The Morgan fingerprint density at radius 3 is 2.29 bits per heavy atom. The van der Waals surface area contributed by atoms with Crippen molar-refractivity contribution in [3.63, 3.8) is 0 Å². The fourth-order valence-corrected chi connectivity index (χ4v) is 2.74. The van der Waals surface area contributed by atoms with Crippen LogP contribution in [0.25, 0.3) is 0 Å². The zero-order valence-corrected chi connectivity index (χ0v) is 12.9. The number of methoxy groups -OCH3 is 1. The first-order valence-corrected chi connectivity index (χ1v) is 7.15. The van der Waals surface area contributed by atoms with Gasteiger partial charge in [0.25, 0.3) is 0 Å². The minimum absolute atomic E-state index is 0.136. The topological polar surface area (TPSA) is 34.2 Å². The van der Waals surface area contributed by atoms with Gasteiger partial charge in [-0.1, -0.05) is 20.8 Å². The molecule has 1 heterocycles. The third kappa shape index (κ3) is 3.74. The molecule has 0 aromatic carbocycles. The van der Waals surface area contributed by atoms with Crippen LogP contribution >= 0.6 is 0 Å². The van der Waals surface area contributed by atoms with Crippen LogP contribution in [0.2, 0.25) is 0 Å². The Hall–Kier alpha value is -1.14. The van der Waals surface area contributed by atoms with Crippen LogP contribution in [-0.2, 0) is 10.9 Å². The third-order valence-electron chi connectivity index (χ3n) is 4.01. The molecule has 1 rings (SSSR count). The predicted octanol–water partition coefficient (Wildman–Crippen LogP) is 3.96.